The van der Waals surface area contributed by atoms with Crippen molar-refractivity contribution in [1.29, 1.82) is 0 Å². The van der Waals surface area contributed by atoms with Crippen LogP contribution >= 0.6 is 0 Å². The monoisotopic (exact) mass is 271 g/mol. The Labute approximate surface area is 116 Å². The molecule has 1 saturated heterocycles. The zero-order chi connectivity index (χ0) is 14.7. The summed E-state index contributed by atoms with van der Waals surface area (Å²) in [5, 5.41) is 2.82. The van der Waals surface area contributed by atoms with Gasteiger partial charge in [0.15, 0.2) is 0 Å². The van der Waals surface area contributed by atoms with Crippen LogP contribution in [0.5, 0.6) is 0 Å². The van der Waals surface area contributed by atoms with Crippen LogP contribution < -0.4 is 11.1 Å². The van der Waals surface area contributed by atoms with Crippen LogP contribution in [0, 0.1) is 5.92 Å². The molecule has 0 bridgehead atoms. The van der Waals surface area contributed by atoms with Crippen molar-refractivity contribution in [1.82, 2.24) is 10.2 Å². The van der Waals surface area contributed by atoms with Crippen molar-refractivity contribution < 1.29 is 9.53 Å². The molecule has 0 aromatic carbocycles. The van der Waals surface area contributed by atoms with Gasteiger partial charge in [0.1, 0.15) is 5.60 Å². The lowest BCUT2D eigenvalue weighted by Gasteiger charge is -2.40. The van der Waals surface area contributed by atoms with Crippen LogP contribution in [0.1, 0.15) is 47.5 Å². The molecule has 0 unspecified atom stereocenters. The van der Waals surface area contributed by atoms with Gasteiger partial charge in [-0.3, -0.25) is 0 Å². The number of nitrogens with one attached hydrogen (secondary N) is 1. The number of carbonyl (C=O) groups excluding carboxylic acids is 1. The zero-order valence-corrected chi connectivity index (χ0v) is 13.0. The van der Waals surface area contributed by atoms with E-state index in [-0.39, 0.29) is 0 Å². The first kappa shape index (κ1) is 16.2. The fraction of sp³-hybridized carbons (Fsp3) is 0.929. The number of alkyl carbamates (subject to hydrolysis) is 1. The van der Waals surface area contributed by atoms with E-state index in [1.807, 2.05) is 20.8 Å². The van der Waals surface area contributed by atoms with Crippen LogP contribution in [0.2, 0.25) is 0 Å². The first-order chi connectivity index (χ1) is 8.60. The van der Waals surface area contributed by atoms with Crippen LogP contribution in [0.15, 0.2) is 0 Å². The normalized spacial score (nSPS) is 20.4. The number of hydrogen-bond acceptors (Lipinski definition) is 4. The highest BCUT2D eigenvalue weighted by Gasteiger charge is 2.33. The summed E-state index contributed by atoms with van der Waals surface area (Å²) in [5.74, 6) is 0.657. The molecule has 0 aliphatic carbocycles. The maximum Gasteiger partial charge on any atom is 0.409 e. The Morgan fingerprint density at radius 1 is 1.37 bits per heavy atom. The molecule has 1 aliphatic rings. The van der Waals surface area contributed by atoms with E-state index in [9.17, 15) is 4.79 Å². The van der Waals surface area contributed by atoms with E-state index in [0.717, 1.165) is 32.5 Å². The van der Waals surface area contributed by atoms with Crippen LogP contribution in [-0.4, -0.2) is 41.9 Å². The quantitative estimate of drug-likeness (QED) is 0.770. The van der Waals surface area contributed by atoms with E-state index in [1.54, 1.807) is 0 Å². The summed E-state index contributed by atoms with van der Waals surface area (Å²) in [5.41, 5.74) is 5.12. The number of nitrogens with two attached hydrogens (primary N) is 1. The van der Waals surface area contributed by atoms with Gasteiger partial charge >= 0.3 is 6.09 Å². The van der Waals surface area contributed by atoms with Crippen LogP contribution in [0.25, 0.3) is 0 Å². The van der Waals surface area contributed by atoms with E-state index >= 15 is 0 Å². The minimum atomic E-state index is -0.629. The highest BCUT2D eigenvalue weighted by molar-refractivity contribution is 5.68. The number of rotatable bonds is 3. The molecule has 1 aliphatic heterocycles. The zero-order valence-electron chi connectivity index (χ0n) is 13.0. The summed E-state index contributed by atoms with van der Waals surface area (Å²) >= 11 is 0. The van der Waals surface area contributed by atoms with Gasteiger partial charge in [-0.05, 0) is 39.5 Å². The molecule has 1 amide bonds. The molecule has 0 spiro atoms. The van der Waals surface area contributed by atoms with E-state index in [1.165, 1.54) is 0 Å². The fourth-order valence-corrected chi connectivity index (χ4v) is 2.28. The number of carbonyl (C=O) groups is 1. The Kier molecular flexibility index (Phi) is 5.21. The molecule has 0 aromatic heterocycles. The third-order valence-corrected chi connectivity index (χ3v) is 3.12. The summed E-state index contributed by atoms with van der Waals surface area (Å²) in [4.78, 5) is 14.2. The Bertz CT molecular complexity index is 302. The Balaban J connectivity index is 2.41. The SMILES string of the molecule is CC(C)CN1CCC(N)(NC(=O)OC(C)(C)C)CC1. The summed E-state index contributed by atoms with van der Waals surface area (Å²) in [6, 6.07) is 0. The largest absolute Gasteiger partial charge is 0.444 e. The fourth-order valence-electron chi connectivity index (χ4n) is 2.28. The van der Waals surface area contributed by atoms with E-state index in [0.29, 0.717) is 5.92 Å². The van der Waals surface area contributed by atoms with Crippen molar-refractivity contribution >= 4 is 6.09 Å². The van der Waals surface area contributed by atoms with Gasteiger partial charge in [-0.15, -0.1) is 0 Å². The van der Waals surface area contributed by atoms with Gasteiger partial charge in [-0.25, -0.2) is 4.79 Å². The van der Waals surface area contributed by atoms with Gasteiger partial charge in [0.05, 0.1) is 5.66 Å². The number of likely N-dealkylation sites (tertiary alicyclic amines) is 1. The van der Waals surface area contributed by atoms with Crippen molar-refractivity contribution in [2.45, 2.75) is 58.7 Å². The van der Waals surface area contributed by atoms with Crippen molar-refractivity contribution in [3.05, 3.63) is 0 Å². The number of ether oxygens (including phenoxy) is 1. The summed E-state index contributed by atoms with van der Waals surface area (Å²) in [6.07, 6.45) is 1.10. The molecule has 5 nitrogen and oxygen atoms in total. The minimum absolute atomic E-state index is 0.424. The minimum Gasteiger partial charge on any atom is -0.444 e. The standard InChI is InChI=1S/C14H29N3O2/c1-11(2)10-17-8-6-14(15,7-9-17)16-12(18)19-13(3,4)5/h11H,6-10,15H2,1-5H3,(H,16,18). The molecule has 1 rings (SSSR count). The molecular formula is C14H29N3O2. The van der Waals surface area contributed by atoms with Crippen molar-refractivity contribution in [3.8, 4) is 0 Å². The lowest BCUT2D eigenvalue weighted by molar-refractivity contribution is 0.0385. The summed E-state index contributed by atoms with van der Waals surface area (Å²) in [6.45, 7) is 12.9. The maximum absolute atomic E-state index is 11.8. The molecule has 3 N–H and O–H groups in total. The lowest BCUT2D eigenvalue weighted by Crippen LogP contribution is -2.62. The second-order valence-electron chi connectivity index (χ2n) is 6.98. The average molecular weight is 271 g/mol. The van der Waals surface area contributed by atoms with Crippen LogP contribution in [0.3, 0.4) is 0 Å². The van der Waals surface area contributed by atoms with Gasteiger partial charge in [0, 0.05) is 19.6 Å². The second-order valence-corrected chi connectivity index (χ2v) is 6.98. The maximum atomic E-state index is 11.8. The van der Waals surface area contributed by atoms with Gasteiger partial charge in [-0.1, -0.05) is 13.8 Å². The summed E-state index contributed by atoms with van der Waals surface area (Å²) < 4.78 is 5.25. The molecule has 0 saturated carbocycles. The summed E-state index contributed by atoms with van der Waals surface area (Å²) in [7, 11) is 0. The Morgan fingerprint density at radius 2 is 1.89 bits per heavy atom. The van der Waals surface area contributed by atoms with Gasteiger partial charge in [0.2, 0.25) is 0 Å². The predicted octanol–water partition coefficient (Wildman–Crippen LogP) is 1.92. The molecule has 19 heavy (non-hydrogen) atoms. The second kappa shape index (κ2) is 6.09. The molecule has 5 heteroatoms. The molecular weight excluding hydrogens is 242 g/mol. The number of nitrogens with zero attached hydrogens (tertiary/aromatic N) is 1. The number of amides is 1. The molecule has 112 valence electrons. The molecule has 1 heterocycles. The lowest BCUT2D eigenvalue weighted by atomic mass is 9.97. The first-order valence-electron chi connectivity index (χ1n) is 7.12. The van der Waals surface area contributed by atoms with Gasteiger partial charge < -0.3 is 20.7 Å². The van der Waals surface area contributed by atoms with E-state index < -0.39 is 17.4 Å². The van der Waals surface area contributed by atoms with E-state index in [4.69, 9.17) is 10.5 Å². The van der Waals surface area contributed by atoms with Crippen molar-refractivity contribution in [2.75, 3.05) is 19.6 Å². The number of piperidine rings is 1. The molecule has 0 aromatic rings. The Hall–Kier alpha value is -0.810. The highest BCUT2D eigenvalue weighted by atomic mass is 16.6. The van der Waals surface area contributed by atoms with Crippen LogP contribution in [-0.2, 0) is 4.74 Å². The Morgan fingerprint density at radius 3 is 2.32 bits per heavy atom. The van der Waals surface area contributed by atoms with Gasteiger partial charge in [-0.2, -0.15) is 0 Å². The average Bonchev–Trinajstić information content (AvgIpc) is 2.17. The third-order valence-electron chi connectivity index (χ3n) is 3.12. The van der Waals surface area contributed by atoms with Crippen molar-refractivity contribution in [3.63, 3.8) is 0 Å². The third kappa shape index (κ3) is 6.25. The molecule has 0 radical (unpaired) electrons. The van der Waals surface area contributed by atoms with Crippen LogP contribution in [0.4, 0.5) is 4.79 Å². The topological polar surface area (TPSA) is 67.6 Å². The molecule has 0 atom stereocenters. The predicted molar refractivity (Wildman–Crippen MR) is 76.8 cm³/mol. The van der Waals surface area contributed by atoms with Gasteiger partial charge in [0.25, 0.3) is 0 Å². The molecule has 1 fully saturated rings. The number of hydrogen-bond donors (Lipinski definition) is 2. The van der Waals surface area contributed by atoms with E-state index in [2.05, 4.69) is 24.1 Å². The smallest absolute Gasteiger partial charge is 0.409 e. The van der Waals surface area contributed by atoms with Crippen molar-refractivity contribution in [2.24, 2.45) is 11.7 Å². The highest BCUT2D eigenvalue weighted by Crippen LogP contribution is 2.19. The first-order valence-corrected chi connectivity index (χ1v) is 7.12.